The quantitative estimate of drug-likeness (QED) is 0.472. The van der Waals surface area contributed by atoms with E-state index in [1.165, 1.54) is 4.90 Å². The maximum absolute atomic E-state index is 14.9. The molecule has 3 heterocycles. The highest BCUT2D eigenvalue weighted by Gasteiger charge is 2.43. The summed E-state index contributed by atoms with van der Waals surface area (Å²) in [4.78, 5) is 30.2. The molecule has 0 radical (unpaired) electrons. The first kappa shape index (κ1) is 26.1. The maximum Gasteiger partial charge on any atom is 0.418 e. The summed E-state index contributed by atoms with van der Waals surface area (Å²) in [7, 11) is 0. The van der Waals surface area contributed by atoms with Crippen molar-refractivity contribution in [3.63, 3.8) is 0 Å². The van der Waals surface area contributed by atoms with E-state index in [9.17, 15) is 35.9 Å². The summed E-state index contributed by atoms with van der Waals surface area (Å²) in [6, 6.07) is 1.16. The van der Waals surface area contributed by atoms with Crippen molar-refractivity contribution in [2.75, 3.05) is 18.8 Å². The molecular weight excluding hydrogens is 542 g/mol. The fourth-order valence-electron chi connectivity index (χ4n) is 4.73. The molecule has 3 aromatic rings. The van der Waals surface area contributed by atoms with Gasteiger partial charge < -0.3 is 16.0 Å². The molecule has 2 amide bonds. The molecule has 2 atom stereocenters. The Morgan fingerprint density at radius 2 is 1.84 bits per heavy atom. The van der Waals surface area contributed by atoms with Crippen molar-refractivity contribution in [3.8, 4) is 11.3 Å². The summed E-state index contributed by atoms with van der Waals surface area (Å²) >= 11 is 6.06. The molecule has 5 rings (SSSR count). The molecule has 1 aliphatic heterocycles. The highest BCUT2D eigenvalue weighted by molar-refractivity contribution is 6.34. The van der Waals surface area contributed by atoms with Crippen LogP contribution in [0.2, 0.25) is 5.02 Å². The molecule has 1 saturated heterocycles. The number of carbonyl (C=O) groups excluding carboxylic acids is 2. The monoisotopic (exact) mass is 560 g/mol. The van der Waals surface area contributed by atoms with E-state index in [2.05, 4.69) is 15.4 Å². The molecule has 0 unspecified atom stereocenters. The fraction of sp³-hybridized carbons (Fsp3) is 0.391. The molecule has 1 saturated carbocycles. The molecule has 8 nitrogen and oxygen atoms in total. The van der Waals surface area contributed by atoms with E-state index in [4.69, 9.17) is 17.3 Å². The first-order valence-corrected chi connectivity index (χ1v) is 11.8. The lowest BCUT2D eigenvalue weighted by Crippen LogP contribution is -2.44. The fourth-order valence-corrected chi connectivity index (χ4v) is 4.97. The first-order chi connectivity index (χ1) is 17.8. The Morgan fingerprint density at radius 1 is 1.13 bits per heavy atom. The van der Waals surface area contributed by atoms with E-state index in [-0.39, 0.29) is 42.2 Å². The third-order valence-electron chi connectivity index (χ3n) is 6.77. The number of fused-ring (bicyclic) bond motifs is 1. The molecule has 1 aliphatic carbocycles. The van der Waals surface area contributed by atoms with Gasteiger partial charge in [-0.05, 0) is 31.0 Å². The zero-order valence-corrected chi connectivity index (χ0v) is 20.0. The number of likely N-dealkylation sites (tertiary alicyclic amines) is 1. The minimum Gasteiger partial charge on any atom is -0.382 e. The number of nitrogens with two attached hydrogens (primary N) is 1. The van der Waals surface area contributed by atoms with E-state index in [1.807, 2.05) is 0 Å². The minimum absolute atomic E-state index is 0.0678. The Hall–Kier alpha value is -3.55. The maximum atomic E-state index is 14.9. The van der Waals surface area contributed by atoms with E-state index in [0.29, 0.717) is 6.07 Å². The molecule has 0 bridgehead atoms. The number of alkyl halides is 5. The van der Waals surface area contributed by atoms with Crippen LogP contribution in [0, 0.1) is 11.7 Å². The van der Waals surface area contributed by atoms with Gasteiger partial charge >= 0.3 is 6.18 Å². The van der Waals surface area contributed by atoms with Crippen LogP contribution in [0.15, 0.2) is 24.5 Å². The topological polar surface area (TPSA) is 106 Å². The molecule has 0 spiro atoms. The Kier molecular flexibility index (Phi) is 6.40. The van der Waals surface area contributed by atoms with Crippen LogP contribution < -0.4 is 11.1 Å². The van der Waals surface area contributed by atoms with Crippen LogP contribution in [-0.4, -0.2) is 62.8 Å². The predicted octanol–water partition coefficient (Wildman–Crippen LogP) is 3.82. The third kappa shape index (κ3) is 4.50. The summed E-state index contributed by atoms with van der Waals surface area (Å²) in [5, 5.41) is 5.79. The number of benzene rings is 1. The average molecular weight is 561 g/mol. The van der Waals surface area contributed by atoms with Crippen molar-refractivity contribution in [2.45, 2.75) is 37.4 Å². The van der Waals surface area contributed by atoms with Crippen LogP contribution in [0.4, 0.5) is 32.2 Å². The van der Waals surface area contributed by atoms with Crippen LogP contribution >= 0.6 is 11.6 Å². The molecule has 1 aromatic carbocycles. The number of nitrogens with zero attached hydrogens (tertiary/aromatic N) is 4. The lowest BCUT2D eigenvalue weighted by Gasteiger charge is -2.31. The number of amides is 2. The van der Waals surface area contributed by atoms with Crippen LogP contribution in [0.3, 0.4) is 0 Å². The summed E-state index contributed by atoms with van der Waals surface area (Å²) in [5.74, 6) is -3.41. The number of nitrogen functional groups attached to an aromatic ring is 1. The zero-order chi connectivity index (χ0) is 27.5. The van der Waals surface area contributed by atoms with Gasteiger partial charge in [-0.1, -0.05) is 11.6 Å². The van der Waals surface area contributed by atoms with Gasteiger partial charge in [0.15, 0.2) is 5.82 Å². The van der Waals surface area contributed by atoms with Crippen molar-refractivity contribution in [3.05, 3.63) is 46.5 Å². The largest absolute Gasteiger partial charge is 0.418 e. The number of halogens is 7. The van der Waals surface area contributed by atoms with Crippen LogP contribution in [-0.2, 0) is 11.0 Å². The van der Waals surface area contributed by atoms with Gasteiger partial charge in [0.2, 0.25) is 5.91 Å². The van der Waals surface area contributed by atoms with E-state index in [0.717, 1.165) is 23.0 Å². The summed E-state index contributed by atoms with van der Waals surface area (Å²) in [6.45, 7) is -0.462. The van der Waals surface area contributed by atoms with Crippen molar-refractivity contribution >= 4 is 34.7 Å². The minimum atomic E-state index is -4.88. The molecule has 15 heteroatoms. The van der Waals surface area contributed by atoms with Gasteiger partial charge in [-0.3, -0.25) is 9.59 Å². The third-order valence-corrected chi connectivity index (χ3v) is 7.08. The lowest BCUT2D eigenvalue weighted by molar-refractivity contribution is -0.139. The van der Waals surface area contributed by atoms with Gasteiger partial charge in [0.1, 0.15) is 30.0 Å². The standard InChI is InChI=1S/C23H19ClF6N6O2/c24-14-5-15(26)12(18-4-13(23(28,29)30)19-20(31)32-8-33-36(18)19)3-11(14)21(37)34-17-7-35(6-16(17)27)22(38)9-1-10(25)2-9/h3-5,8-10,16-17H,1-2,6-7H2,(H,34,37)(H2,31,32,33)/t9?,10?,16-,17+/m0/s1. The predicted molar refractivity (Wildman–Crippen MR) is 123 cm³/mol. The van der Waals surface area contributed by atoms with E-state index in [1.54, 1.807) is 0 Å². The number of aromatic nitrogens is 3. The SMILES string of the molecule is Nc1ncnn2c(-c3cc(C(=O)N[C@@H]4CN(C(=O)C5CC(F)C5)C[C@@H]4F)c(Cl)cc3F)cc(C(F)(F)F)c12. The van der Waals surface area contributed by atoms with Crippen molar-refractivity contribution in [1.82, 2.24) is 24.8 Å². The number of rotatable bonds is 4. The average Bonchev–Trinajstić information content (AvgIpc) is 3.38. The Bertz CT molecular complexity index is 1440. The first-order valence-electron chi connectivity index (χ1n) is 11.4. The van der Waals surface area contributed by atoms with Gasteiger partial charge in [-0.2, -0.15) is 18.3 Å². The van der Waals surface area contributed by atoms with E-state index < -0.39 is 70.6 Å². The van der Waals surface area contributed by atoms with Gasteiger partial charge in [0.05, 0.1) is 34.4 Å². The van der Waals surface area contributed by atoms with Crippen LogP contribution in [0.5, 0.6) is 0 Å². The van der Waals surface area contributed by atoms with Gasteiger partial charge in [-0.25, -0.2) is 22.7 Å². The molecule has 3 N–H and O–H groups in total. The zero-order valence-electron chi connectivity index (χ0n) is 19.3. The molecule has 2 fully saturated rings. The van der Waals surface area contributed by atoms with Crippen LogP contribution in [0.1, 0.15) is 28.8 Å². The summed E-state index contributed by atoms with van der Waals surface area (Å²) < 4.78 is 84.4. The van der Waals surface area contributed by atoms with Crippen molar-refractivity contribution in [1.29, 1.82) is 0 Å². The Labute approximate surface area is 215 Å². The summed E-state index contributed by atoms with van der Waals surface area (Å²) in [5.41, 5.74) is 2.64. The van der Waals surface area contributed by atoms with Gasteiger partial charge in [0.25, 0.3) is 5.91 Å². The van der Waals surface area contributed by atoms with Crippen molar-refractivity contribution < 1.29 is 35.9 Å². The number of hydrogen-bond acceptors (Lipinski definition) is 5. The molecule has 2 aromatic heterocycles. The molecule has 38 heavy (non-hydrogen) atoms. The molecule has 2 aliphatic rings. The Morgan fingerprint density at radius 3 is 2.50 bits per heavy atom. The second-order valence-electron chi connectivity index (χ2n) is 9.26. The Balaban J connectivity index is 1.44. The highest BCUT2D eigenvalue weighted by Crippen LogP contribution is 2.40. The normalized spacial score (nSPS) is 23.5. The lowest BCUT2D eigenvalue weighted by atomic mass is 9.82. The number of hydrogen-bond donors (Lipinski definition) is 2. The van der Waals surface area contributed by atoms with Crippen molar-refractivity contribution in [2.24, 2.45) is 5.92 Å². The number of nitrogens with one attached hydrogen (secondary N) is 1. The summed E-state index contributed by atoms with van der Waals surface area (Å²) in [6.07, 6.45) is -6.55. The molecule has 202 valence electrons. The second kappa shape index (κ2) is 9.33. The smallest absolute Gasteiger partial charge is 0.382 e. The van der Waals surface area contributed by atoms with Crippen LogP contribution in [0.25, 0.3) is 16.8 Å². The molecular formula is C23H19ClF6N6O2. The second-order valence-corrected chi connectivity index (χ2v) is 9.67. The van der Waals surface area contributed by atoms with E-state index >= 15 is 0 Å². The van der Waals surface area contributed by atoms with Gasteiger partial charge in [0, 0.05) is 18.0 Å². The highest BCUT2D eigenvalue weighted by atomic mass is 35.5. The van der Waals surface area contributed by atoms with Gasteiger partial charge in [-0.15, -0.1) is 0 Å². The number of carbonyl (C=O) groups is 2. The number of anilines is 1.